The minimum absolute atomic E-state index is 0.561. The highest BCUT2D eigenvalue weighted by Crippen LogP contribution is 2.33. The van der Waals surface area contributed by atoms with Gasteiger partial charge in [0.1, 0.15) is 0 Å². The number of rotatable bonds is 7. The van der Waals surface area contributed by atoms with Crippen molar-refractivity contribution in [1.29, 1.82) is 0 Å². The van der Waals surface area contributed by atoms with Gasteiger partial charge in [0.05, 0.1) is 6.61 Å². The number of ether oxygens (including phenoxy) is 1. The van der Waals surface area contributed by atoms with Gasteiger partial charge in [0, 0.05) is 19.7 Å². The lowest BCUT2D eigenvalue weighted by atomic mass is 10.0. The largest absolute Gasteiger partial charge is 0.383 e. The van der Waals surface area contributed by atoms with Gasteiger partial charge in [0.25, 0.3) is 0 Å². The van der Waals surface area contributed by atoms with Crippen LogP contribution in [-0.4, -0.2) is 26.3 Å². The molecular weight excluding hydrogens is 218 g/mol. The number of nitrogens with one attached hydrogen (secondary N) is 1. The summed E-state index contributed by atoms with van der Waals surface area (Å²) in [6, 6.07) is 2.78. The second-order valence-corrected chi connectivity index (χ2v) is 5.55. The maximum absolute atomic E-state index is 5.27. The van der Waals surface area contributed by atoms with Crippen molar-refractivity contribution >= 4 is 11.3 Å². The Bertz CT molecular complexity index is 295. The molecule has 1 fully saturated rings. The van der Waals surface area contributed by atoms with E-state index in [1.54, 1.807) is 18.4 Å². The first-order valence-electron chi connectivity index (χ1n) is 6.05. The summed E-state index contributed by atoms with van der Waals surface area (Å²) in [5, 5.41) is 8.05. The minimum atomic E-state index is 0.561. The molecule has 2 rings (SSSR count). The monoisotopic (exact) mass is 239 g/mol. The molecule has 1 aromatic heterocycles. The van der Waals surface area contributed by atoms with Crippen LogP contribution in [0.2, 0.25) is 0 Å². The summed E-state index contributed by atoms with van der Waals surface area (Å²) in [6.07, 6.45) is 2.74. The highest BCUT2D eigenvalue weighted by atomic mass is 32.1. The third-order valence-electron chi connectivity index (χ3n) is 3.34. The first-order chi connectivity index (χ1) is 7.81. The predicted octanol–water partition coefficient (Wildman–Crippen LogP) is 2.87. The lowest BCUT2D eigenvalue weighted by molar-refractivity contribution is 0.157. The van der Waals surface area contributed by atoms with Crippen LogP contribution in [0.25, 0.3) is 0 Å². The highest BCUT2D eigenvalue weighted by molar-refractivity contribution is 7.07. The van der Waals surface area contributed by atoms with E-state index in [9.17, 15) is 0 Å². The van der Waals surface area contributed by atoms with E-state index in [1.165, 1.54) is 18.4 Å². The Labute approximate surface area is 102 Å². The van der Waals surface area contributed by atoms with Crippen LogP contribution in [-0.2, 0) is 4.74 Å². The lowest BCUT2D eigenvalue weighted by Gasteiger charge is -2.20. The van der Waals surface area contributed by atoms with Gasteiger partial charge < -0.3 is 10.1 Å². The third-order valence-corrected chi connectivity index (χ3v) is 4.04. The van der Waals surface area contributed by atoms with E-state index >= 15 is 0 Å². The minimum Gasteiger partial charge on any atom is -0.383 e. The molecular formula is C13H21NOS. The Kier molecular flexibility index (Phi) is 4.38. The lowest BCUT2D eigenvalue weighted by Crippen LogP contribution is -2.37. The molecule has 0 bridgehead atoms. The summed E-state index contributed by atoms with van der Waals surface area (Å²) < 4.78 is 5.27. The van der Waals surface area contributed by atoms with E-state index < -0.39 is 0 Å². The fourth-order valence-corrected chi connectivity index (χ4v) is 2.82. The molecule has 0 radical (unpaired) electrons. The quantitative estimate of drug-likeness (QED) is 0.790. The van der Waals surface area contributed by atoms with Gasteiger partial charge in [-0.25, -0.2) is 0 Å². The molecule has 3 heteroatoms. The van der Waals surface area contributed by atoms with Crippen LogP contribution in [0.4, 0.5) is 0 Å². The van der Waals surface area contributed by atoms with Gasteiger partial charge in [-0.05, 0) is 47.1 Å². The summed E-state index contributed by atoms with van der Waals surface area (Å²) in [5.41, 5.74) is 1.45. The summed E-state index contributed by atoms with van der Waals surface area (Å²) in [6.45, 7) is 4.19. The van der Waals surface area contributed by atoms with E-state index in [0.717, 1.165) is 19.1 Å². The Morgan fingerprint density at radius 3 is 2.94 bits per heavy atom. The average molecular weight is 239 g/mol. The predicted molar refractivity (Wildman–Crippen MR) is 69.1 cm³/mol. The molecule has 0 aromatic carbocycles. The smallest absolute Gasteiger partial charge is 0.0618 e. The number of hydrogen-bond acceptors (Lipinski definition) is 3. The zero-order valence-corrected chi connectivity index (χ0v) is 10.9. The molecule has 90 valence electrons. The fourth-order valence-electron chi connectivity index (χ4n) is 2.04. The molecule has 0 amide bonds. The van der Waals surface area contributed by atoms with Gasteiger partial charge in [-0.3, -0.25) is 0 Å². The fraction of sp³-hybridized carbons (Fsp3) is 0.692. The van der Waals surface area contributed by atoms with Crippen molar-refractivity contribution in [2.75, 3.05) is 20.3 Å². The summed E-state index contributed by atoms with van der Waals surface area (Å²) in [4.78, 5) is 0. The normalized spacial score (nSPS) is 19.6. The van der Waals surface area contributed by atoms with E-state index in [2.05, 4.69) is 29.1 Å². The van der Waals surface area contributed by atoms with E-state index in [0.29, 0.717) is 12.0 Å². The van der Waals surface area contributed by atoms with Crippen LogP contribution in [0.3, 0.4) is 0 Å². The Morgan fingerprint density at radius 2 is 2.38 bits per heavy atom. The van der Waals surface area contributed by atoms with Crippen LogP contribution in [0.15, 0.2) is 16.8 Å². The summed E-state index contributed by atoms with van der Waals surface area (Å²) >= 11 is 1.78. The van der Waals surface area contributed by atoms with E-state index in [1.807, 2.05) is 0 Å². The summed E-state index contributed by atoms with van der Waals surface area (Å²) in [7, 11) is 1.79. The maximum atomic E-state index is 5.27. The van der Waals surface area contributed by atoms with Gasteiger partial charge in [0.2, 0.25) is 0 Å². The molecule has 1 aliphatic rings. The molecule has 0 saturated heterocycles. The van der Waals surface area contributed by atoms with Crippen LogP contribution >= 0.6 is 11.3 Å². The average Bonchev–Trinajstić information content (AvgIpc) is 2.98. The van der Waals surface area contributed by atoms with E-state index in [4.69, 9.17) is 4.74 Å². The van der Waals surface area contributed by atoms with Gasteiger partial charge in [-0.2, -0.15) is 11.3 Å². The zero-order valence-electron chi connectivity index (χ0n) is 10.1. The molecule has 2 atom stereocenters. The van der Waals surface area contributed by atoms with Gasteiger partial charge >= 0.3 is 0 Å². The summed E-state index contributed by atoms with van der Waals surface area (Å²) in [5.74, 6) is 1.46. The molecule has 1 N–H and O–H groups in total. The third kappa shape index (κ3) is 3.30. The second kappa shape index (κ2) is 5.80. The van der Waals surface area contributed by atoms with Crippen molar-refractivity contribution in [3.05, 3.63) is 22.4 Å². The van der Waals surface area contributed by atoms with Crippen molar-refractivity contribution < 1.29 is 4.74 Å². The molecule has 2 unspecified atom stereocenters. The Hall–Kier alpha value is -0.380. The van der Waals surface area contributed by atoms with Gasteiger partial charge in [-0.15, -0.1) is 0 Å². The van der Waals surface area contributed by atoms with E-state index in [-0.39, 0.29) is 0 Å². The van der Waals surface area contributed by atoms with Crippen molar-refractivity contribution in [2.24, 2.45) is 5.92 Å². The molecule has 2 nitrogen and oxygen atoms in total. The molecule has 1 heterocycles. The molecule has 1 aliphatic carbocycles. The molecule has 1 aromatic rings. The first kappa shape index (κ1) is 12.1. The topological polar surface area (TPSA) is 21.3 Å². The van der Waals surface area contributed by atoms with Crippen molar-refractivity contribution in [2.45, 2.75) is 31.7 Å². The molecule has 0 spiro atoms. The number of hydrogen-bond donors (Lipinski definition) is 1. The Morgan fingerprint density at radius 1 is 1.56 bits per heavy atom. The van der Waals surface area contributed by atoms with Gasteiger partial charge in [-0.1, -0.05) is 6.92 Å². The highest BCUT2D eigenvalue weighted by Gasteiger charge is 2.30. The molecule has 1 saturated carbocycles. The van der Waals surface area contributed by atoms with Crippen molar-refractivity contribution in [3.63, 3.8) is 0 Å². The standard InChI is InChI=1S/C13H21NOS/c1-10(12-5-6-16-9-12)7-14-13(8-15-2)11-3-4-11/h5-6,9-11,13-14H,3-4,7-8H2,1-2H3. The Balaban J connectivity index is 1.76. The number of methoxy groups -OCH3 is 1. The zero-order chi connectivity index (χ0) is 11.4. The molecule has 0 aliphatic heterocycles. The van der Waals surface area contributed by atoms with Gasteiger partial charge in [0.15, 0.2) is 0 Å². The van der Waals surface area contributed by atoms with Crippen LogP contribution < -0.4 is 5.32 Å². The van der Waals surface area contributed by atoms with Crippen molar-refractivity contribution in [1.82, 2.24) is 5.32 Å². The maximum Gasteiger partial charge on any atom is 0.0618 e. The van der Waals surface area contributed by atoms with Crippen LogP contribution in [0.1, 0.15) is 31.2 Å². The van der Waals surface area contributed by atoms with Crippen LogP contribution in [0.5, 0.6) is 0 Å². The first-order valence-corrected chi connectivity index (χ1v) is 7.00. The second-order valence-electron chi connectivity index (χ2n) is 4.77. The molecule has 16 heavy (non-hydrogen) atoms. The number of thiophene rings is 1. The van der Waals surface area contributed by atoms with Crippen LogP contribution in [0, 0.1) is 5.92 Å². The SMILES string of the molecule is COCC(NCC(C)c1ccsc1)C1CC1. The van der Waals surface area contributed by atoms with Crippen molar-refractivity contribution in [3.8, 4) is 0 Å².